The third-order valence-corrected chi connectivity index (χ3v) is 11.6. The molecule has 2 aromatic heterocycles. The Balaban J connectivity index is 0.959. The van der Waals surface area contributed by atoms with Crippen LogP contribution in [0.1, 0.15) is 79.2 Å². The number of aromatic nitrogens is 4. The Morgan fingerprint density at radius 3 is 2.00 bits per heavy atom. The maximum atomic E-state index is 13.9. The van der Waals surface area contributed by atoms with E-state index >= 15 is 0 Å². The van der Waals surface area contributed by atoms with Gasteiger partial charge in [-0.05, 0) is 52.6 Å². The average Bonchev–Trinajstić information content (AvgIpc) is 4.07. The molecule has 3 aliphatic heterocycles. The van der Waals surface area contributed by atoms with Gasteiger partial charge in [0, 0.05) is 24.9 Å². The second-order valence-corrected chi connectivity index (χ2v) is 15.4. The number of likely N-dealkylation sites (tertiary alicyclic amines) is 1. The van der Waals surface area contributed by atoms with E-state index in [9.17, 15) is 24.0 Å². The number of hydrogen-bond acceptors (Lipinski definition) is 9. The first-order chi connectivity index (χ1) is 28.0. The Hall–Kier alpha value is -6.57. The van der Waals surface area contributed by atoms with Crippen molar-refractivity contribution in [2.75, 3.05) is 25.7 Å². The molecule has 5 heterocycles. The number of amides is 3. The highest BCUT2D eigenvalue weighted by atomic mass is 16.5. The minimum atomic E-state index is -1.07. The van der Waals surface area contributed by atoms with E-state index in [2.05, 4.69) is 32.4 Å². The number of nitrogens with one attached hydrogen (secondary N) is 3. The first kappa shape index (κ1) is 38.3. The van der Waals surface area contributed by atoms with Crippen LogP contribution in [0.2, 0.25) is 0 Å². The molecule has 0 spiro atoms. The molecule has 0 radical (unpaired) electrons. The maximum absolute atomic E-state index is 13.9. The van der Waals surface area contributed by atoms with Crippen molar-refractivity contribution in [2.24, 2.45) is 11.8 Å². The van der Waals surface area contributed by atoms with Gasteiger partial charge in [-0.1, -0.05) is 74.5 Å². The highest BCUT2D eigenvalue weighted by Gasteiger charge is 2.45. The van der Waals surface area contributed by atoms with Crippen molar-refractivity contribution in [3.8, 4) is 33.6 Å². The standard InChI is InChI=1S/C44H45N7O7/c1-24(2)31(20-38(53)57-3)42(54)50-18-6-9-35(50)40-45-22-33(47-40)27-14-10-25(11-15-27)26-12-16-28(17-13-26)34-23-46-41(48-34)36-19-29-7-5-8-30-37(52)21-32(49-44(56)58-4)43(55)51(36)39(29)30/h5,7-8,10-17,22-24,31-32,35-36H,6,9,18-21H2,1-4H3,(H,45,47)(H,46,48)(H,49,56)/t31-,32-,35-,36-/m0/s1. The van der Waals surface area contributed by atoms with Crippen molar-refractivity contribution in [3.63, 3.8) is 0 Å². The molecule has 14 heteroatoms. The van der Waals surface area contributed by atoms with Gasteiger partial charge in [0.05, 0.1) is 68.1 Å². The molecule has 298 valence electrons. The third kappa shape index (κ3) is 7.14. The number of para-hydroxylation sites is 1. The monoisotopic (exact) mass is 783 g/mol. The Morgan fingerprint density at radius 1 is 0.810 bits per heavy atom. The van der Waals surface area contributed by atoms with Gasteiger partial charge in [-0.2, -0.15) is 0 Å². The molecule has 4 atom stereocenters. The summed E-state index contributed by atoms with van der Waals surface area (Å²) < 4.78 is 9.60. The number of ether oxygens (including phenoxy) is 2. The minimum Gasteiger partial charge on any atom is -0.469 e. The van der Waals surface area contributed by atoms with Gasteiger partial charge in [-0.15, -0.1) is 0 Å². The van der Waals surface area contributed by atoms with Crippen LogP contribution in [0, 0.1) is 11.8 Å². The second-order valence-electron chi connectivity index (χ2n) is 15.4. The fraction of sp³-hybridized carbons (Fsp3) is 0.341. The quantitative estimate of drug-likeness (QED) is 0.132. The van der Waals surface area contributed by atoms with Crippen LogP contribution in [0.15, 0.2) is 79.1 Å². The summed E-state index contributed by atoms with van der Waals surface area (Å²) in [6, 6.07) is 20.0. The van der Waals surface area contributed by atoms with E-state index in [0.29, 0.717) is 30.0 Å². The normalized spacial score (nSPS) is 19.2. The van der Waals surface area contributed by atoms with E-state index in [1.807, 2.05) is 67.3 Å². The number of anilines is 1. The number of ketones is 1. The van der Waals surface area contributed by atoms with E-state index < -0.39 is 30.0 Å². The lowest BCUT2D eigenvalue weighted by atomic mass is 9.91. The van der Waals surface area contributed by atoms with Crippen molar-refractivity contribution in [1.82, 2.24) is 30.2 Å². The first-order valence-corrected chi connectivity index (χ1v) is 19.6. The molecule has 3 aliphatic rings. The largest absolute Gasteiger partial charge is 0.469 e. The summed E-state index contributed by atoms with van der Waals surface area (Å²) in [5.41, 5.74) is 7.44. The molecule has 1 saturated heterocycles. The molecule has 0 unspecified atom stereocenters. The van der Waals surface area contributed by atoms with Crippen LogP contribution in [-0.4, -0.2) is 81.3 Å². The summed E-state index contributed by atoms with van der Waals surface area (Å²) in [5, 5.41) is 2.54. The minimum absolute atomic E-state index is 0.00571. The van der Waals surface area contributed by atoms with Crippen LogP contribution in [0.25, 0.3) is 33.6 Å². The molecule has 0 saturated carbocycles. The number of aromatic amines is 2. The van der Waals surface area contributed by atoms with Crippen LogP contribution in [0.3, 0.4) is 0 Å². The fourth-order valence-corrected chi connectivity index (χ4v) is 8.46. The number of esters is 1. The number of carbonyl (C=O) groups excluding carboxylic acids is 5. The summed E-state index contributed by atoms with van der Waals surface area (Å²) in [6.45, 7) is 4.53. The van der Waals surface area contributed by atoms with E-state index in [1.54, 1.807) is 23.4 Å². The van der Waals surface area contributed by atoms with Crippen molar-refractivity contribution < 1.29 is 33.4 Å². The molecular formula is C44H45N7O7. The first-order valence-electron chi connectivity index (χ1n) is 19.6. The van der Waals surface area contributed by atoms with E-state index in [1.165, 1.54) is 14.2 Å². The van der Waals surface area contributed by atoms with Gasteiger partial charge in [0.1, 0.15) is 17.7 Å². The number of nitrogens with zero attached hydrogens (tertiary/aromatic N) is 4. The van der Waals surface area contributed by atoms with Gasteiger partial charge in [0.25, 0.3) is 5.91 Å². The Bertz CT molecular complexity index is 2380. The molecule has 8 rings (SSSR count). The fourth-order valence-electron chi connectivity index (χ4n) is 8.46. The van der Waals surface area contributed by atoms with Crippen LogP contribution in [0.4, 0.5) is 10.5 Å². The number of benzene rings is 3. The molecule has 58 heavy (non-hydrogen) atoms. The zero-order valence-corrected chi connectivity index (χ0v) is 32.8. The van der Waals surface area contributed by atoms with Gasteiger partial charge in [0.2, 0.25) is 5.91 Å². The summed E-state index contributed by atoms with van der Waals surface area (Å²) in [4.78, 5) is 84.6. The van der Waals surface area contributed by atoms with Gasteiger partial charge in [-0.25, -0.2) is 14.8 Å². The highest BCUT2D eigenvalue weighted by molar-refractivity contribution is 6.14. The summed E-state index contributed by atoms with van der Waals surface area (Å²) in [5.74, 6) is -0.196. The molecule has 14 nitrogen and oxygen atoms in total. The zero-order valence-electron chi connectivity index (χ0n) is 32.8. The lowest BCUT2D eigenvalue weighted by Crippen LogP contribution is -2.48. The topological polar surface area (TPSA) is 180 Å². The Labute approximate surface area is 335 Å². The van der Waals surface area contributed by atoms with Gasteiger partial charge in [-0.3, -0.25) is 24.1 Å². The van der Waals surface area contributed by atoms with E-state index in [-0.39, 0.29) is 42.5 Å². The van der Waals surface area contributed by atoms with E-state index in [0.717, 1.165) is 57.9 Å². The smallest absolute Gasteiger partial charge is 0.407 e. The lowest BCUT2D eigenvalue weighted by Gasteiger charge is -2.29. The van der Waals surface area contributed by atoms with Crippen molar-refractivity contribution in [3.05, 3.63) is 102 Å². The molecule has 1 fully saturated rings. The molecule has 3 aromatic carbocycles. The van der Waals surface area contributed by atoms with Crippen LogP contribution >= 0.6 is 0 Å². The molecule has 5 aromatic rings. The molecule has 3 N–H and O–H groups in total. The summed E-state index contributed by atoms with van der Waals surface area (Å²) >= 11 is 0. The zero-order chi connectivity index (χ0) is 40.7. The number of imidazole rings is 2. The second kappa shape index (κ2) is 15.8. The highest BCUT2D eigenvalue weighted by Crippen LogP contribution is 2.45. The number of hydrogen-bond donors (Lipinski definition) is 3. The van der Waals surface area contributed by atoms with Crippen molar-refractivity contribution in [2.45, 2.75) is 64.1 Å². The molecular weight excluding hydrogens is 739 g/mol. The number of methoxy groups -OCH3 is 2. The Morgan fingerprint density at radius 2 is 1.41 bits per heavy atom. The number of rotatable bonds is 10. The molecule has 0 aliphatic carbocycles. The van der Waals surface area contributed by atoms with Crippen LogP contribution < -0.4 is 10.2 Å². The van der Waals surface area contributed by atoms with Gasteiger partial charge < -0.3 is 29.7 Å². The third-order valence-electron chi connectivity index (χ3n) is 11.6. The molecule has 3 amide bonds. The number of alkyl carbamates (subject to hydrolysis) is 1. The number of H-pyrrole nitrogens is 2. The predicted octanol–water partition coefficient (Wildman–Crippen LogP) is 6.57. The summed E-state index contributed by atoms with van der Waals surface area (Å²) in [7, 11) is 2.56. The SMILES string of the molecule is COC(=O)C[C@H](C(=O)N1CCC[C@H]1c1ncc(-c2ccc(-c3ccc(-c4cnc([C@@H]5Cc6cccc7c6N5C(=O)[C@@H](NC(=O)OC)CC7=O)[nH]4)cc3)cc2)[nH]1)C(C)C. The molecule has 0 bridgehead atoms. The Kier molecular flexibility index (Phi) is 10.4. The number of Topliss-reactive ketones (excluding diaryl/α,β-unsaturated/α-hetero) is 1. The predicted molar refractivity (Wildman–Crippen MR) is 214 cm³/mol. The van der Waals surface area contributed by atoms with Crippen LogP contribution in [0.5, 0.6) is 0 Å². The van der Waals surface area contributed by atoms with Gasteiger partial charge in [0.15, 0.2) is 5.78 Å². The lowest BCUT2D eigenvalue weighted by molar-refractivity contribution is -0.148. The van der Waals surface area contributed by atoms with Crippen molar-refractivity contribution >= 4 is 35.3 Å². The number of carbonyl (C=O) groups is 5. The van der Waals surface area contributed by atoms with Gasteiger partial charge >= 0.3 is 12.1 Å². The maximum Gasteiger partial charge on any atom is 0.407 e. The average molecular weight is 784 g/mol. The van der Waals surface area contributed by atoms with E-state index in [4.69, 9.17) is 14.5 Å². The van der Waals surface area contributed by atoms with Crippen LogP contribution in [-0.2, 0) is 30.3 Å². The van der Waals surface area contributed by atoms with Crippen molar-refractivity contribution in [1.29, 1.82) is 0 Å². The summed E-state index contributed by atoms with van der Waals surface area (Å²) in [6.07, 6.45) is 4.77.